The van der Waals surface area contributed by atoms with Gasteiger partial charge < -0.3 is 20.1 Å². The van der Waals surface area contributed by atoms with Crippen LogP contribution in [0, 0.1) is 0 Å². The van der Waals surface area contributed by atoms with Crippen LogP contribution < -0.4 is 0 Å². The fraction of sp³-hybridized carbons (Fsp3) is 1.00. The van der Waals surface area contributed by atoms with Gasteiger partial charge in [0, 0.05) is 0 Å². The van der Waals surface area contributed by atoms with E-state index < -0.39 is 24.4 Å². The minimum atomic E-state index is -1.07. The molecule has 0 aromatic rings. The Morgan fingerprint density at radius 1 is 1.20 bits per heavy atom. The van der Waals surface area contributed by atoms with Crippen molar-refractivity contribution < 1.29 is 20.1 Å². The first kappa shape index (κ1) is 7.94. The molecule has 1 saturated heterocycles. The zero-order chi connectivity index (χ0) is 7.72. The summed E-state index contributed by atoms with van der Waals surface area (Å²) in [6, 6.07) is 0. The molecule has 1 unspecified atom stereocenters. The highest BCUT2D eigenvalue weighted by molar-refractivity contribution is 4.83. The van der Waals surface area contributed by atoms with Gasteiger partial charge in [-0.15, -0.1) is 0 Å². The van der Waals surface area contributed by atoms with Crippen LogP contribution in [0.3, 0.4) is 0 Å². The minimum absolute atomic E-state index is 0.0966. The second-order valence-corrected chi connectivity index (χ2v) is 2.59. The molecule has 4 atom stereocenters. The summed E-state index contributed by atoms with van der Waals surface area (Å²) in [6.45, 7) is 1.75. The molecule has 1 aliphatic rings. The minimum Gasteiger partial charge on any atom is -0.388 e. The fourth-order valence-electron chi connectivity index (χ4n) is 0.953. The molecule has 0 aromatic heterocycles. The van der Waals surface area contributed by atoms with E-state index >= 15 is 0 Å². The molecule has 0 spiro atoms. The molecule has 0 radical (unpaired) electrons. The van der Waals surface area contributed by atoms with Crippen LogP contribution in [0.5, 0.6) is 0 Å². The maximum atomic E-state index is 9.08. The van der Waals surface area contributed by atoms with Crippen LogP contribution in [0.4, 0.5) is 0 Å². The van der Waals surface area contributed by atoms with Crippen molar-refractivity contribution in [2.45, 2.75) is 31.3 Å². The Labute approximate surface area is 59.1 Å². The molecular weight excluding hydrogens is 136 g/mol. The predicted molar refractivity (Wildman–Crippen MR) is 33.4 cm³/mol. The third-order valence-electron chi connectivity index (χ3n) is 1.75. The number of hydrogen-bond acceptors (Lipinski definition) is 4. The highest BCUT2D eigenvalue weighted by Crippen LogP contribution is 2.14. The van der Waals surface area contributed by atoms with Crippen LogP contribution in [0.1, 0.15) is 6.92 Å². The zero-order valence-corrected chi connectivity index (χ0v) is 5.77. The van der Waals surface area contributed by atoms with Gasteiger partial charge in [-0.3, -0.25) is 0 Å². The predicted octanol–water partition coefficient (Wildman–Crippen LogP) is -1.51. The molecule has 4 heteroatoms. The van der Waals surface area contributed by atoms with Gasteiger partial charge in [-0.1, -0.05) is 0 Å². The van der Waals surface area contributed by atoms with E-state index in [1.54, 1.807) is 6.92 Å². The summed E-state index contributed by atoms with van der Waals surface area (Å²) >= 11 is 0. The number of aliphatic hydroxyl groups is 3. The van der Waals surface area contributed by atoms with Gasteiger partial charge in [-0.2, -0.15) is 0 Å². The van der Waals surface area contributed by atoms with Crippen molar-refractivity contribution in [1.29, 1.82) is 0 Å². The molecule has 1 aliphatic heterocycles. The fourth-order valence-corrected chi connectivity index (χ4v) is 0.953. The molecule has 60 valence electrons. The quantitative estimate of drug-likeness (QED) is 0.390. The van der Waals surface area contributed by atoms with E-state index in [1.165, 1.54) is 0 Å². The molecule has 0 aliphatic carbocycles. The highest BCUT2D eigenvalue weighted by Gasteiger charge is 2.34. The summed E-state index contributed by atoms with van der Waals surface area (Å²) in [5.74, 6) is 0. The van der Waals surface area contributed by atoms with Crippen LogP contribution in [-0.4, -0.2) is 46.3 Å². The lowest BCUT2D eigenvalue weighted by atomic mass is 10.0. The summed E-state index contributed by atoms with van der Waals surface area (Å²) in [4.78, 5) is 0. The van der Waals surface area contributed by atoms with Crippen molar-refractivity contribution in [2.75, 3.05) is 6.61 Å². The Hall–Kier alpha value is -0.160. The lowest BCUT2D eigenvalue weighted by Crippen LogP contribution is -2.51. The molecule has 3 N–H and O–H groups in total. The molecule has 0 aromatic carbocycles. The Balaban J connectivity index is 2.52. The standard InChI is InChI=1S/C6H12O4/c1-3-5(8)6(9)4(7)2-10-3/h3-9H,2H2,1H3/t3?,4-,5-,6-/m1/s1. The van der Waals surface area contributed by atoms with Gasteiger partial charge in [0.2, 0.25) is 0 Å². The van der Waals surface area contributed by atoms with E-state index in [1.807, 2.05) is 0 Å². The molecule has 1 fully saturated rings. The number of aliphatic hydroxyl groups excluding tert-OH is 3. The molecule has 0 bridgehead atoms. The van der Waals surface area contributed by atoms with Crippen molar-refractivity contribution in [2.24, 2.45) is 0 Å². The molecular formula is C6H12O4. The third-order valence-corrected chi connectivity index (χ3v) is 1.75. The summed E-state index contributed by atoms with van der Waals surface area (Å²) in [5.41, 5.74) is 0. The molecule has 4 nitrogen and oxygen atoms in total. The first-order valence-electron chi connectivity index (χ1n) is 3.28. The second kappa shape index (κ2) is 2.84. The molecule has 1 rings (SSSR count). The summed E-state index contributed by atoms with van der Waals surface area (Å²) in [6.07, 6.45) is -3.38. The van der Waals surface area contributed by atoms with Crippen molar-refractivity contribution in [3.63, 3.8) is 0 Å². The Morgan fingerprint density at radius 3 is 2.30 bits per heavy atom. The Morgan fingerprint density at radius 2 is 1.80 bits per heavy atom. The largest absolute Gasteiger partial charge is 0.388 e. The van der Waals surface area contributed by atoms with E-state index in [9.17, 15) is 0 Å². The maximum Gasteiger partial charge on any atom is 0.110 e. The van der Waals surface area contributed by atoms with Crippen molar-refractivity contribution >= 4 is 0 Å². The van der Waals surface area contributed by atoms with E-state index in [2.05, 4.69) is 0 Å². The van der Waals surface area contributed by atoms with Gasteiger partial charge in [0.1, 0.15) is 18.3 Å². The molecule has 1 heterocycles. The van der Waals surface area contributed by atoms with Crippen LogP contribution in [0.2, 0.25) is 0 Å². The number of ether oxygens (including phenoxy) is 1. The van der Waals surface area contributed by atoms with Gasteiger partial charge in [-0.25, -0.2) is 0 Å². The lowest BCUT2D eigenvalue weighted by molar-refractivity contribution is -0.181. The lowest BCUT2D eigenvalue weighted by Gasteiger charge is -2.33. The Bertz CT molecular complexity index is 102. The van der Waals surface area contributed by atoms with Crippen LogP contribution in [0.25, 0.3) is 0 Å². The monoisotopic (exact) mass is 148 g/mol. The number of rotatable bonds is 0. The second-order valence-electron chi connectivity index (χ2n) is 2.59. The molecule has 10 heavy (non-hydrogen) atoms. The molecule has 0 amide bonds. The van der Waals surface area contributed by atoms with Gasteiger partial charge >= 0.3 is 0 Å². The Kier molecular flexibility index (Phi) is 2.25. The average molecular weight is 148 g/mol. The van der Waals surface area contributed by atoms with Crippen LogP contribution in [-0.2, 0) is 4.74 Å². The summed E-state index contributed by atoms with van der Waals surface area (Å²) in [5, 5.41) is 27.0. The maximum absolute atomic E-state index is 9.08. The highest BCUT2D eigenvalue weighted by atomic mass is 16.5. The van der Waals surface area contributed by atoms with E-state index in [0.717, 1.165) is 0 Å². The van der Waals surface area contributed by atoms with E-state index in [4.69, 9.17) is 20.1 Å². The average Bonchev–Trinajstić information content (AvgIpc) is 1.93. The van der Waals surface area contributed by atoms with E-state index in [0.29, 0.717) is 0 Å². The SMILES string of the molecule is CC1OC[C@@H](O)[C@@H](O)[C@@H]1O. The van der Waals surface area contributed by atoms with Crippen molar-refractivity contribution in [1.82, 2.24) is 0 Å². The first-order chi connectivity index (χ1) is 4.63. The zero-order valence-electron chi connectivity index (χ0n) is 5.77. The molecule has 0 saturated carbocycles. The topological polar surface area (TPSA) is 69.9 Å². The van der Waals surface area contributed by atoms with Gasteiger partial charge in [-0.05, 0) is 6.92 Å². The number of hydrogen-bond donors (Lipinski definition) is 3. The van der Waals surface area contributed by atoms with Gasteiger partial charge in [0.05, 0.1) is 12.7 Å². The van der Waals surface area contributed by atoms with Gasteiger partial charge in [0.15, 0.2) is 0 Å². The van der Waals surface area contributed by atoms with Crippen LogP contribution in [0.15, 0.2) is 0 Å². The first-order valence-corrected chi connectivity index (χ1v) is 3.28. The van der Waals surface area contributed by atoms with E-state index in [-0.39, 0.29) is 6.61 Å². The smallest absolute Gasteiger partial charge is 0.110 e. The van der Waals surface area contributed by atoms with Crippen molar-refractivity contribution in [3.05, 3.63) is 0 Å². The summed E-state index contributed by atoms with van der Waals surface area (Å²) < 4.78 is 4.91. The third kappa shape index (κ3) is 1.29. The van der Waals surface area contributed by atoms with Crippen LogP contribution >= 0.6 is 0 Å². The van der Waals surface area contributed by atoms with Gasteiger partial charge in [0.25, 0.3) is 0 Å². The van der Waals surface area contributed by atoms with Crippen molar-refractivity contribution in [3.8, 4) is 0 Å². The normalized spacial score (nSPS) is 49.2. The summed E-state index contributed by atoms with van der Waals surface area (Å²) in [7, 11) is 0.